The van der Waals surface area contributed by atoms with Crippen molar-refractivity contribution in [2.24, 2.45) is 0 Å². The molecule has 0 bridgehead atoms. The summed E-state index contributed by atoms with van der Waals surface area (Å²) in [6.07, 6.45) is 2.07. The SMILES string of the molecule is CC1(C)C2=C(c3ccccc3C3=CC(c4ccc(F)cc4)(c4ccc(F)cc4)COC32)c2cc3c(cc21)-c1ccccc1C3(C)C. The number of hydrogen-bond donors (Lipinski definition) is 0. The largest absolute Gasteiger partial charge is 0.367 e. The maximum Gasteiger partial charge on any atom is 0.123 e. The van der Waals surface area contributed by atoms with Crippen LogP contribution in [0.3, 0.4) is 0 Å². The van der Waals surface area contributed by atoms with Gasteiger partial charge in [0.15, 0.2) is 0 Å². The number of rotatable bonds is 2. The van der Waals surface area contributed by atoms with Crippen molar-refractivity contribution in [2.45, 2.75) is 50.0 Å². The quantitative estimate of drug-likeness (QED) is 0.195. The monoisotopic (exact) mass is 604 g/mol. The fourth-order valence-corrected chi connectivity index (χ4v) is 8.92. The molecule has 0 amide bonds. The first-order chi connectivity index (χ1) is 22.1. The summed E-state index contributed by atoms with van der Waals surface area (Å²) in [4.78, 5) is 0. The van der Waals surface area contributed by atoms with E-state index >= 15 is 0 Å². The fraction of sp³-hybridized carbons (Fsp3) is 0.209. The molecule has 3 aliphatic carbocycles. The number of ether oxygens (including phenoxy) is 1. The van der Waals surface area contributed by atoms with Crippen molar-refractivity contribution in [3.8, 4) is 11.1 Å². The van der Waals surface area contributed by atoms with Crippen LogP contribution in [-0.2, 0) is 21.0 Å². The molecule has 1 aliphatic heterocycles. The van der Waals surface area contributed by atoms with Crippen LogP contribution in [0.2, 0.25) is 0 Å². The number of fused-ring (bicyclic) bond motifs is 10. The molecule has 9 rings (SSSR count). The van der Waals surface area contributed by atoms with Crippen molar-refractivity contribution in [2.75, 3.05) is 6.61 Å². The molecular formula is C43H34F2O. The van der Waals surface area contributed by atoms with Gasteiger partial charge in [0.1, 0.15) is 17.7 Å². The van der Waals surface area contributed by atoms with E-state index in [0.717, 1.165) is 22.3 Å². The summed E-state index contributed by atoms with van der Waals surface area (Å²) in [6.45, 7) is 9.70. The molecule has 5 aromatic rings. The van der Waals surface area contributed by atoms with Gasteiger partial charge in [-0.25, -0.2) is 8.78 Å². The van der Waals surface area contributed by atoms with Crippen LogP contribution >= 0.6 is 0 Å². The Morgan fingerprint density at radius 1 is 0.565 bits per heavy atom. The van der Waals surface area contributed by atoms with Crippen molar-refractivity contribution < 1.29 is 13.5 Å². The molecule has 5 aromatic carbocycles. The Labute approximate surface area is 268 Å². The Hall–Kier alpha value is -4.60. The van der Waals surface area contributed by atoms with Crippen LogP contribution in [0, 0.1) is 11.6 Å². The van der Waals surface area contributed by atoms with Crippen molar-refractivity contribution in [1.29, 1.82) is 0 Å². The average Bonchev–Trinajstić information content (AvgIpc) is 3.44. The second kappa shape index (κ2) is 9.24. The topological polar surface area (TPSA) is 9.23 Å². The smallest absolute Gasteiger partial charge is 0.123 e. The van der Waals surface area contributed by atoms with E-state index in [9.17, 15) is 8.78 Å². The highest BCUT2D eigenvalue weighted by Crippen LogP contribution is 2.61. The van der Waals surface area contributed by atoms with Gasteiger partial charge in [-0.2, -0.15) is 0 Å². The Kier molecular flexibility index (Phi) is 5.56. The van der Waals surface area contributed by atoms with Gasteiger partial charge >= 0.3 is 0 Å². The van der Waals surface area contributed by atoms with E-state index in [1.54, 1.807) is 0 Å². The minimum absolute atomic E-state index is 0.0983. The van der Waals surface area contributed by atoms with Crippen molar-refractivity contribution in [1.82, 2.24) is 0 Å². The standard InChI is InChI=1S/C43H34F2O/c1-41(2)35-12-8-7-10-30(35)32-21-37-33(22-36(32)41)38-31-11-6-5-9-29(31)34-23-43(25-13-17-27(44)18-14-25,26-15-19-28(45)20-16-26)24-46-40(34)39(38)42(37,3)4/h5-23,40H,24H2,1-4H3. The van der Waals surface area contributed by atoms with Crippen LogP contribution in [0.5, 0.6) is 0 Å². The lowest BCUT2D eigenvalue weighted by Crippen LogP contribution is -2.42. The third kappa shape index (κ3) is 3.52. The second-order valence-electron chi connectivity index (χ2n) is 14.3. The molecule has 0 fully saturated rings. The summed E-state index contributed by atoms with van der Waals surface area (Å²) < 4.78 is 35.4. The van der Waals surface area contributed by atoms with E-state index in [1.807, 2.05) is 24.3 Å². The summed E-state index contributed by atoms with van der Waals surface area (Å²) in [5.41, 5.74) is 14.8. The third-order valence-corrected chi connectivity index (χ3v) is 11.3. The van der Waals surface area contributed by atoms with Crippen molar-refractivity contribution in [3.05, 3.63) is 177 Å². The first-order valence-electron chi connectivity index (χ1n) is 16.1. The number of halogens is 2. The van der Waals surface area contributed by atoms with E-state index < -0.39 is 5.41 Å². The summed E-state index contributed by atoms with van der Waals surface area (Å²) in [6, 6.07) is 35.7. The van der Waals surface area contributed by atoms with Gasteiger partial charge < -0.3 is 4.74 Å². The van der Waals surface area contributed by atoms with Gasteiger partial charge in [0.25, 0.3) is 0 Å². The molecule has 1 unspecified atom stereocenters. The van der Waals surface area contributed by atoms with Gasteiger partial charge in [-0.05, 0) is 109 Å². The van der Waals surface area contributed by atoms with Gasteiger partial charge in [0.2, 0.25) is 0 Å². The minimum Gasteiger partial charge on any atom is -0.367 e. The highest BCUT2D eigenvalue weighted by atomic mass is 19.1. The molecule has 1 nitrogen and oxygen atoms in total. The highest BCUT2D eigenvalue weighted by molar-refractivity contribution is 6.02. The summed E-state index contributed by atoms with van der Waals surface area (Å²) >= 11 is 0. The van der Waals surface area contributed by atoms with Gasteiger partial charge in [-0.1, -0.05) is 107 Å². The molecule has 0 saturated carbocycles. The van der Waals surface area contributed by atoms with Gasteiger partial charge in [-0.3, -0.25) is 0 Å². The summed E-state index contributed by atoms with van der Waals surface area (Å²) in [5, 5.41) is 0. The zero-order chi connectivity index (χ0) is 31.6. The maximum atomic E-state index is 14.2. The molecule has 4 aliphatic rings. The minimum atomic E-state index is -0.719. The Morgan fingerprint density at radius 2 is 1.11 bits per heavy atom. The Morgan fingerprint density at radius 3 is 1.76 bits per heavy atom. The first kappa shape index (κ1) is 27.7. The molecular weight excluding hydrogens is 570 g/mol. The van der Waals surface area contributed by atoms with Crippen molar-refractivity contribution >= 4 is 11.1 Å². The van der Waals surface area contributed by atoms with Gasteiger partial charge in [0.05, 0.1) is 12.0 Å². The zero-order valence-electron chi connectivity index (χ0n) is 26.4. The number of benzene rings is 5. The van der Waals surface area contributed by atoms with Crippen LogP contribution in [0.4, 0.5) is 8.78 Å². The lowest BCUT2D eigenvalue weighted by Gasteiger charge is -2.44. The van der Waals surface area contributed by atoms with Crippen LogP contribution < -0.4 is 0 Å². The normalized spacial score (nSPS) is 20.6. The van der Waals surface area contributed by atoms with Crippen LogP contribution in [0.15, 0.2) is 121 Å². The van der Waals surface area contributed by atoms with E-state index in [1.165, 1.54) is 74.4 Å². The number of hydrogen-bond acceptors (Lipinski definition) is 1. The first-order valence-corrected chi connectivity index (χ1v) is 16.1. The molecule has 46 heavy (non-hydrogen) atoms. The average molecular weight is 605 g/mol. The Balaban J connectivity index is 1.29. The summed E-state index contributed by atoms with van der Waals surface area (Å²) in [5.74, 6) is -0.581. The molecule has 0 saturated heterocycles. The van der Waals surface area contributed by atoms with Gasteiger partial charge in [0, 0.05) is 10.8 Å². The third-order valence-electron chi connectivity index (χ3n) is 11.3. The van der Waals surface area contributed by atoms with Crippen LogP contribution in [-0.4, -0.2) is 12.7 Å². The van der Waals surface area contributed by atoms with E-state index in [4.69, 9.17) is 4.74 Å². The molecule has 1 heterocycles. The highest BCUT2D eigenvalue weighted by Gasteiger charge is 2.51. The fourth-order valence-electron chi connectivity index (χ4n) is 8.92. The van der Waals surface area contributed by atoms with Crippen molar-refractivity contribution in [3.63, 3.8) is 0 Å². The van der Waals surface area contributed by atoms with E-state index in [0.29, 0.717) is 6.61 Å². The molecule has 0 aromatic heterocycles. The van der Waals surface area contributed by atoms with Gasteiger partial charge in [-0.15, -0.1) is 0 Å². The van der Waals surface area contributed by atoms with Crippen LogP contribution in [0.1, 0.15) is 72.2 Å². The molecule has 3 heteroatoms. The van der Waals surface area contributed by atoms with Crippen LogP contribution in [0.25, 0.3) is 22.3 Å². The lowest BCUT2D eigenvalue weighted by atomic mass is 9.66. The predicted molar refractivity (Wildman–Crippen MR) is 181 cm³/mol. The summed E-state index contributed by atoms with van der Waals surface area (Å²) in [7, 11) is 0. The van der Waals surface area contributed by atoms with E-state index in [-0.39, 0.29) is 28.6 Å². The van der Waals surface area contributed by atoms with E-state index in [2.05, 4.69) is 94.4 Å². The molecule has 0 spiro atoms. The molecule has 1 atom stereocenters. The molecule has 226 valence electrons. The predicted octanol–water partition coefficient (Wildman–Crippen LogP) is 10.1. The second-order valence-corrected chi connectivity index (χ2v) is 14.3. The maximum absolute atomic E-state index is 14.2. The molecule has 0 N–H and O–H groups in total. The Bertz CT molecular complexity index is 2120. The lowest BCUT2D eigenvalue weighted by molar-refractivity contribution is 0.0742. The molecule has 0 radical (unpaired) electrons. The zero-order valence-corrected chi connectivity index (χ0v) is 26.4.